The molecule has 0 radical (unpaired) electrons. The van der Waals surface area contributed by atoms with Crippen LogP contribution in [0.1, 0.15) is 45.6 Å². The third-order valence-electron chi connectivity index (χ3n) is 6.48. The molecule has 0 saturated heterocycles. The van der Waals surface area contributed by atoms with Gasteiger partial charge in [-0.05, 0) is 36.6 Å². The van der Waals surface area contributed by atoms with Gasteiger partial charge in [0.25, 0.3) is 0 Å². The predicted molar refractivity (Wildman–Crippen MR) is 127 cm³/mol. The minimum atomic E-state index is -0.478. The van der Waals surface area contributed by atoms with E-state index >= 15 is 0 Å². The first-order chi connectivity index (χ1) is 15.3. The first kappa shape index (κ1) is 22.2. The molecule has 1 aliphatic carbocycles. The van der Waals surface area contributed by atoms with Gasteiger partial charge in [0.05, 0.1) is 18.8 Å². The van der Waals surface area contributed by atoms with Crippen molar-refractivity contribution < 1.29 is 14.3 Å². The molecule has 0 aromatic heterocycles. The average molecular weight is 436 g/mol. The Morgan fingerprint density at radius 1 is 1.09 bits per heavy atom. The standard InChI is InChI=1S/C26H33N3O3/c1-25(2,3)24(31)29-14-15-32-22-11-10-20(16-21(22)29)27-17-23(30)28-18-26(12-7-13-26)19-8-5-4-6-9-19/h4-6,8-11,16,27H,7,12-15,17-18H2,1-3H3,(H,28,30). The van der Waals surface area contributed by atoms with E-state index in [4.69, 9.17) is 4.74 Å². The van der Waals surface area contributed by atoms with Crippen molar-refractivity contribution in [2.45, 2.75) is 45.4 Å². The predicted octanol–water partition coefficient (Wildman–Crippen LogP) is 4.11. The van der Waals surface area contributed by atoms with E-state index < -0.39 is 5.41 Å². The van der Waals surface area contributed by atoms with Crippen molar-refractivity contribution in [3.05, 3.63) is 54.1 Å². The first-order valence-corrected chi connectivity index (χ1v) is 11.4. The van der Waals surface area contributed by atoms with Crippen molar-refractivity contribution in [1.82, 2.24) is 5.32 Å². The molecule has 2 aliphatic rings. The number of nitrogens with zero attached hydrogens (tertiary/aromatic N) is 1. The number of rotatable bonds is 6. The van der Waals surface area contributed by atoms with Gasteiger partial charge in [-0.25, -0.2) is 0 Å². The Morgan fingerprint density at radius 2 is 1.84 bits per heavy atom. The minimum absolute atomic E-state index is 0.0381. The lowest BCUT2D eigenvalue weighted by atomic mass is 9.64. The Bertz CT molecular complexity index is 978. The number of ether oxygens (including phenoxy) is 1. The largest absolute Gasteiger partial charge is 0.490 e. The van der Waals surface area contributed by atoms with Crippen LogP contribution in [0.2, 0.25) is 0 Å². The van der Waals surface area contributed by atoms with Crippen LogP contribution in [0.15, 0.2) is 48.5 Å². The third-order valence-corrected chi connectivity index (χ3v) is 6.48. The molecule has 0 unspecified atom stereocenters. The summed E-state index contributed by atoms with van der Waals surface area (Å²) in [4.78, 5) is 27.2. The van der Waals surface area contributed by atoms with E-state index in [2.05, 4.69) is 34.9 Å². The highest BCUT2D eigenvalue weighted by Gasteiger charge is 2.38. The second-order valence-electron chi connectivity index (χ2n) is 9.87. The molecule has 0 bridgehead atoms. The summed E-state index contributed by atoms with van der Waals surface area (Å²) in [5.41, 5.74) is 2.43. The summed E-state index contributed by atoms with van der Waals surface area (Å²) in [5, 5.41) is 6.31. The molecule has 6 nitrogen and oxygen atoms in total. The molecule has 4 rings (SSSR count). The van der Waals surface area contributed by atoms with Gasteiger partial charge in [-0.3, -0.25) is 9.59 Å². The zero-order valence-electron chi connectivity index (χ0n) is 19.2. The smallest absolute Gasteiger partial charge is 0.239 e. The normalized spacial score (nSPS) is 16.9. The number of hydrogen-bond acceptors (Lipinski definition) is 4. The Hall–Kier alpha value is -3.02. The van der Waals surface area contributed by atoms with Gasteiger partial charge in [0.15, 0.2) is 0 Å². The monoisotopic (exact) mass is 435 g/mol. The van der Waals surface area contributed by atoms with Gasteiger partial charge < -0.3 is 20.3 Å². The minimum Gasteiger partial charge on any atom is -0.490 e. The summed E-state index contributed by atoms with van der Waals surface area (Å²) in [6, 6.07) is 16.1. The van der Waals surface area contributed by atoms with Gasteiger partial charge in [0.2, 0.25) is 11.8 Å². The molecule has 2 aromatic rings. The van der Waals surface area contributed by atoms with E-state index in [-0.39, 0.29) is 23.8 Å². The number of fused-ring (bicyclic) bond motifs is 1. The fourth-order valence-corrected chi connectivity index (χ4v) is 4.42. The lowest BCUT2D eigenvalue weighted by molar-refractivity contribution is -0.126. The number of benzene rings is 2. The molecule has 0 spiro atoms. The fourth-order valence-electron chi connectivity index (χ4n) is 4.42. The van der Waals surface area contributed by atoms with Crippen LogP contribution >= 0.6 is 0 Å². The Morgan fingerprint density at radius 3 is 2.50 bits per heavy atom. The summed E-state index contributed by atoms with van der Waals surface area (Å²) in [7, 11) is 0. The van der Waals surface area contributed by atoms with E-state index in [0.717, 1.165) is 24.2 Å². The van der Waals surface area contributed by atoms with Crippen LogP contribution in [-0.4, -0.2) is 38.1 Å². The fraction of sp³-hybridized carbons (Fsp3) is 0.462. The van der Waals surface area contributed by atoms with Gasteiger partial charge >= 0.3 is 0 Å². The molecular weight excluding hydrogens is 402 g/mol. The Kier molecular flexibility index (Phi) is 6.13. The SMILES string of the molecule is CC(C)(C)C(=O)N1CCOc2ccc(NCC(=O)NCC3(c4ccccc4)CCC3)cc21. The highest BCUT2D eigenvalue weighted by atomic mass is 16.5. The van der Waals surface area contributed by atoms with Crippen molar-refractivity contribution >= 4 is 23.2 Å². The molecule has 170 valence electrons. The number of anilines is 2. The van der Waals surface area contributed by atoms with Gasteiger partial charge in [0.1, 0.15) is 12.4 Å². The zero-order chi connectivity index (χ0) is 22.8. The maximum Gasteiger partial charge on any atom is 0.239 e. The molecule has 2 N–H and O–H groups in total. The summed E-state index contributed by atoms with van der Waals surface area (Å²) >= 11 is 0. The van der Waals surface area contributed by atoms with Crippen molar-refractivity contribution in [2.75, 3.05) is 36.5 Å². The molecule has 2 amide bonds. The van der Waals surface area contributed by atoms with E-state index in [9.17, 15) is 9.59 Å². The lowest BCUT2D eigenvalue weighted by Gasteiger charge is -2.42. The molecule has 1 heterocycles. The molecule has 0 atom stereocenters. The maximum absolute atomic E-state index is 12.9. The first-order valence-electron chi connectivity index (χ1n) is 11.4. The van der Waals surface area contributed by atoms with Crippen LogP contribution < -0.4 is 20.3 Å². The molecular formula is C26H33N3O3. The summed E-state index contributed by atoms with van der Waals surface area (Å²) < 4.78 is 5.73. The molecule has 6 heteroatoms. The summed E-state index contributed by atoms with van der Waals surface area (Å²) in [6.45, 7) is 7.59. The van der Waals surface area contributed by atoms with E-state index in [1.165, 1.54) is 12.0 Å². The van der Waals surface area contributed by atoms with Crippen molar-refractivity contribution in [3.63, 3.8) is 0 Å². The zero-order valence-corrected chi connectivity index (χ0v) is 19.2. The highest BCUT2D eigenvalue weighted by molar-refractivity contribution is 5.99. The van der Waals surface area contributed by atoms with E-state index in [1.807, 2.05) is 45.0 Å². The quantitative estimate of drug-likeness (QED) is 0.716. The van der Waals surface area contributed by atoms with Crippen molar-refractivity contribution in [2.24, 2.45) is 5.41 Å². The number of carbonyl (C=O) groups excluding carboxylic acids is 2. The summed E-state index contributed by atoms with van der Waals surface area (Å²) in [6.07, 6.45) is 3.41. The second-order valence-corrected chi connectivity index (χ2v) is 9.87. The number of carbonyl (C=O) groups is 2. The lowest BCUT2D eigenvalue weighted by Crippen LogP contribution is -2.46. The van der Waals surface area contributed by atoms with Crippen LogP contribution in [0.5, 0.6) is 5.75 Å². The van der Waals surface area contributed by atoms with Crippen LogP contribution in [-0.2, 0) is 15.0 Å². The van der Waals surface area contributed by atoms with Gasteiger partial charge in [-0.1, -0.05) is 57.5 Å². The van der Waals surface area contributed by atoms with Crippen LogP contribution in [0.25, 0.3) is 0 Å². The van der Waals surface area contributed by atoms with Crippen LogP contribution in [0.3, 0.4) is 0 Å². The van der Waals surface area contributed by atoms with Crippen molar-refractivity contribution in [3.8, 4) is 5.75 Å². The highest BCUT2D eigenvalue weighted by Crippen LogP contribution is 2.43. The topological polar surface area (TPSA) is 70.7 Å². The van der Waals surface area contributed by atoms with E-state index in [1.54, 1.807) is 4.90 Å². The maximum atomic E-state index is 12.9. The molecule has 1 fully saturated rings. The van der Waals surface area contributed by atoms with Crippen LogP contribution in [0, 0.1) is 5.41 Å². The van der Waals surface area contributed by atoms with Gasteiger partial charge in [-0.2, -0.15) is 0 Å². The number of hydrogen-bond donors (Lipinski definition) is 2. The third kappa shape index (κ3) is 4.59. The van der Waals surface area contributed by atoms with Gasteiger partial charge in [0, 0.05) is 23.1 Å². The van der Waals surface area contributed by atoms with E-state index in [0.29, 0.717) is 25.4 Å². The average Bonchev–Trinajstić information content (AvgIpc) is 2.76. The second kappa shape index (κ2) is 8.85. The Balaban J connectivity index is 1.37. The molecule has 32 heavy (non-hydrogen) atoms. The molecule has 1 saturated carbocycles. The Labute approximate surface area is 190 Å². The summed E-state index contributed by atoms with van der Waals surface area (Å²) in [5.74, 6) is 0.714. The molecule has 1 aliphatic heterocycles. The number of amides is 2. The van der Waals surface area contributed by atoms with Crippen LogP contribution in [0.4, 0.5) is 11.4 Å². The number of nitrogens with one attached hydrogen (secondary N) is 2. The van der Waals surface area contributed by atoms with Gasteiger partial charge in [-0.15, -0.1) is 0 Å². The molecule has 2 aromatic carbocycles. The van der Waals surface area contributed by atoms with Crippen molar-refractivity contribution in [1.29, 1.82) is 0 Å².